The maximum absolute atomic E-state index is 6.01. The average molecular weight is 228 g/mol. The summed E-state index contributed by atoms with van der Waals surface area (Å²) < 4.78 is 5.38. The van der Waals surface area contributed by atoms with Crippen molar-refractivity contribution in [1.29, 1.82) is 0 Å². The smallest absolute Gasteiger partial charge is 0.127 e. The molecule has 88 valence electrons. The van der Waals surface area contributed by atoms with Gasteiger partial charge in [-0.25, -0.2) is 0 Å². The number of anilines is 2. The molecule has 0 amide bonds. The first-order valence-electron chi connectivity index (χ1n) is 5.42. The molecule has 2 aromatic rings. The fourth-order valence-corrected chi connectivity index (χ4v) is 1.96. The first kappa shape index (κ1) is 11.3. The van der Waals surface area contributed by atoms with E-state index in [-0.39, 0.29) is 0 Å². The van der Waals surface area contributed by atoms with Crippen LogP contribution in [-0.2, 0) is 0 Å². The highest BCUT2D eigenvalue weighted by Crippen LogP contribution is 2.36. The maximum Gasteiger partial charge on any atom is 0.127 e. The van der Waals surface area contributed by atoms with Crippen LogP contribution in [-0.4, -0.2) is 7.11 Å². The van der Waals surface area contributed by atoms with E-state index < -0.39 is 0 Å². The molecule has 0 aromatic heterocycles. The van der Waals surface area contributed by atoms with Gasteiger partial charge in [0.1, 0.15) is 5.75 Å². The average Bonchev–Trinajstić information content (AvgIpc) is 2.30. The summed E-state index contributed by atoms with van der Waals surface area (Å²) in [5.74, 6) is 0.821. The van der Waals surface area contributed by atoms with Gasteiger partial charge in [-0.2, -0.15) is 0 Å². The highest BCUT2D eigenvalue weighted by molar-refractivity contribution is 5.84. The van der Waals surface area contributed by atoms with Gasteiger partial charge in [0, 0.05) is 22.5 Å². The third kappa shape index (κ3) is 2.04. The van der Waals surface area contributed by atoms with Crippen LogP contribution >= 0.6 is 0 Å². The van der Waals surface area contributed by atoms with Crippen LogP contribution in [0.5, 0.6) is 5.75 Å². The first-order valence-corrected chi connectivity index (χ1v) is 5.42. The van der Waals surface area contributed by atoms with Crippen molar-refractivity contribution in [1.82, 2.24) is 0 Å². The summed E-state index contributed by atoms with van der Waals surface area (Å²) in [5, 5.41) is 0. The Hall–Kier alpha value is -2.16. The molecule has 0 bridgehead atoms. The summed E-state index contributed by atoms with van der Waals surface area (Å²) in [7, 11) is 1.66. The molecular formula is C14H16N2O. The molecule has 0 spiro atoms. The predicted molar refractivity (Wildman–Crippen MR) is 72.0 cm³/mol. The summed E-state index contributed by atoms with van der Waals surface area (Å²) in [6.07, 6.45) is 0. The van der Waals surface area contributed by atoms with E-state index in [9.17, 15) is 0 Å². The number of nitrogens with two attached hydrogens (primary N) is 2. The molecule has 17 heavy (non-hydrogen) atoms. The van der Waals surface area contributed by atoms with Crippen molar-refractivity contribution in [3.05, 3.63) is 42.0 Å². The van der Waals surface area contributed by atoms with Gasteiger partial charge in [-0.15, -0.1) is 0 Å². The molecule has 4 N–H and O–H groups in total. The summed E-state index contributed by atoms with van der Waals surface area (Å²) in [6.45, 7) is 2.04. The molecule has 0 saturated carbocycles. The standard InChI is InChI=1S/C14H16N2O/c1-9-4-3-5-13(17-2)14(9)11-7-6-10(15)8-12(11)16/h3-8H,15-16H2,1-2H3. The fraction of sp³-hybridized carbons (Fsp3) is 0.143. The van der Waals surface area contributed by atoms with Gasteiger partial charge in [-0.1, -0.05) is 18.2 Å². The van der Waals surface area contributed by atoms with Crippen LogP contribution in [0.2, 0.25) is 0 Å². The van der Waals surface area contributed by atoms with Crippen molar-refractivity contribution in [2.75, 3.05) is 18.6 Å². The van der Waals surface area contributed by atoms with Gasteiger partial charge in [0.05, 0.1) is 7.11 Å². The second-order valence-electron chi connectivity index (χ2n) is 4.00. The third-order valence-corrected chi connectivity index (χ3v) is 2.80. The lowest BCUT2D eigenvalue weighted by Crippen LogP contribution is -1.96. The molecule has 2 rings (SSSR count). The number of rotatable bonds is 2. The molecule has 2 aromatic carbocycles. The molecule has 0 saturated heterocycles. The van der Waals surface area contributed by atoms with Crippen LogP contribution < -0.4 is 16.2 Å². The van der Waals surface area contributed by atoms with Crippen LogP contribution in [0.25, 0.3) is 11.1 Å². The molecule has 0 aliphatic heterocycles. The zero-order valence-electron chi connectivity index (χ0n) is 10.0. The minimum atomic E-state index is 0.664. The van der Waals surface area contributed by atoms with Crippen molar-refractivity contribution in [3.63, 3.8) is 0 Å². The second kappa shape index (κ2) is 4.37. The van der Waals surface area contributed by atoms with E-state index >= 15 is 0 Å². The Bertz CT molecular complexity index is 550. The number of methoxy groups -OCH3 is 1. The largest absolute Gasteiger partial charge is 0.496 e. The van der Waals surface area contributed by atoms with Crippen LogP contribution in [0, 0.1) is 6.92 Å². The summed E-state index contributed by atoms with van der Waals surface area (Å²) in [4.78, 5) is 0. The van der Waals surface area contributed by atoms with E-state index in [1.165, 1.54) is 0 Å². The minimum absolute atomic E-state index is 0.664. The van der Waals surface area contributed by atoms with Gasteiger partial charge in [0.25, 0.3) is 0 Å². The zero-order chi connectivity index (χ0) is 12.4. The molecular weight excluding hydrogens is 212 g/mol. The number of nitrogen functional groups attached to an aromatic ring is 2. The number of hydrogen-bond acceptors (Lipinski definition) is 3. The van der Waals surface area contributed by atoms with E-state index in [0.717, 1.165) is 22.4 Å². The number of aryl methyl sites for hydroxylation is 1. The van der Waals surface area contributed by atoms with E-state index in [2.05, 4.69) is 0 Å². The van der Waals surface area contributed by atoms with Gasteiger partial charge >= 0.3 is 0 Å². The Morgan fingerprint density at radius 3 is 2.47 bits per heavy atom. The van der Waals surface area contributed by atoms with Gasteiger partial charge < -0.3 is 16.2 Å². The maximum atomic E-state index is 6.01. The highest BCUT2D eigenvalue weighted by Gasteiger charge is 2.11. The Morgan fingerprint density at radius 1 is 1.06 bits per heavy atom. The molecule has 0 radical (unpaired) electrons. The molecule has 0 fully saturated rings. The van der Waals surface area contributed by atoms with Gasteiger partial charge in [0.15, 0.2) is 0 Å². The molecule has 0 atom stereocenters. The highest BCUT2D eigenvalue weighted by atomic mass is 16.5. The van der Waals surface area contributed by atoms with Gasteiger partial charge in [-0.3, -0.25) is 0 Å². The Labute approximate surface area is 101 Å². The summed E-state index contributed by atoms with van der Waals surface area (Å²) >= 11 is 0. The SMILES string of the molecule is COc1cccc(C)c1-c1ccc(N)cc1N. The lowest BCUT2D eigenvalue weighted by Gasteiger charge is -2.14. The van der Waals surface area contributed by atoms with Crippen LogP contribution in [0.3, 0.4) is 0 Å². The van der Waals surface area contributed by atoms with Gasteiger partial charge in [-0.05, 0) is 30.7 Å². The Balaban J connectivity index is 2.67. The second-order valence-corrected chi connectivity index (χ2v) is 4.00. The number of benzene rings is 2. The molecule has 0 aliphatic rings. The van der Waals surface area contributed by atoms with Crippen LogP contribution in [0.1, 0.15) is 5.56 Å². The van der Waals surface area contributed by atoms with E-state index in [0.29, 0.717) is 11.4 Å². The summed E-state index contributed by atoms with van der Waals surface area (Å²) in [6, 6.07) is 11.5. The van der Waals surface area contributed by atoms with E-state index in [1.807, 2.05) is 37.3 Å². The van der Waals surface area contributed by atoms with Crippen molar-refractivity contribution in [3.8, 4) is 16.9 Å². The third-order valence-electron chi connectivity index (χ3n) is 2.80. The van der Waals surface area contributed by atoms with Crippen LogP contribution in [0.15, 0.2) is 36.4 Å². The normalized spacial score (nSPS) is 10.2. The quantitative estimate of drug-likeness (QED) is 0.777. The van der Waals surface area contributed by atoms with Crippen molar-refractivity contribution < 1.29 is 4.74 Å². The lowest BCUT2D eigenvalue weighted by atomic mass is 9.97. The molecule has 0 aliphatic carbocycles. The minimum Gasteiger partial charge on any atom is -0.496 e. The molecule has 0 unspecified atom stereocenters. The Kier molecular flexibility index (Phi) is 2.91. The molecule has 0 heterocycles. The van der Waals surface area contributed by atoms with Crippen LogP contribution in [0.4, 0.5) is 11.4 Å². The topological polar surface area (TPSA) is 61.3 Å². The molecule has 3 nitrogen and oxygen atoms in total. The number of ether oxygens (including phenoxy) is 1. The predicted octanol–water partition coefficient (Wildman–Crippen LogP) is 2.84. The van der Waals surface area contributed by atoms with Crippen molar-refractivity contribution in [2.45, 2.75) is 6.92 Å². The lowest BCUT2D eigenvalue weighted by molar-refractivity contribution is 0.416. The molecule has 3 heteroatoms. The fourth-order valence-electron chi connectivity index (χ4n) is 1.96. The van der Waals surface area contributed by atoms with E-state index in [1.54, 1.807) is 13.2 Å². The van der Waals surface area contributed by atoms with Crippen molar-refractivity contribution >= 4 is 11.4 Å². The summed E-state index contributed by atoms with van der Waals surface area (Å²) in [5.41, 5.74) is 16.1. The van der Waals surface area contributed by atoms with Crippen molar-refractivity contribution in [2.24, 2.45) is 0 Å². The Morgan fingerprint density at radius 2 is 1.82 bits per heavy atom. The monoisotopic (exact) mass is 228 g/mol. The van der Waals surface area contributed by atoms with Gasteiger partial charge in [0.2, 0.25) is 0 Å². The zero-order valence-corrected chi connectivity index (χ0v) is 10.0. The number of hydrogen-bond donors (Lipinski definition) is 2. The van der Waals surface area contributed by atoms with E-state index in [4.69, 9.17) is 16.2 Å². The first-order chi connectivity index (χ1) is 8.13.